The number of carbonyl (C=O) groups is 2. The van der Waals surface area contributed by atoms with Gasteiger partial charge in [0.05, 0.1) is 36.3 Å². The molecule has 67 heavy (non-hydrogen) atoms. The van der Waals surface area contributed by atoms with Crippen LogP contribution in [0.3, 0.4) is 0 Å². The Morgan fingerprint density at radius 3 is 1.87 bits per heavy atom. The third kappa shape index (κ3) is 7.70. The predicted octanol–water partition coefficient (Wildman–Crippen LogP) is 0.0887. The van der Waals surface area contributed by atoms with Crippen LogP contribution in [0.15, 0.2) is 11.6 Å². The Morgan fingerprint density at radius 2 is 1.25 bits per heavy atom. The van der Waals surface area contributed by atoms with Crippen LogP contribution in [0.4, 0.5) is 0 Å². The molecule has 0 radical (unpaired) electrons. The lowest BCUT2D eigenvalue weighted by molar-refractivity contribution is -0.366. The summed E-state index contributed by atoms with van der Waals surface area (Å²) in [6.07, 6.45) is -17.1. The number of aliphatic hydroxyl groups excluding tert-OH is 10. The molecular weight excluding hydrogens is 881 g/mol. The zero-order valence-electron chi connectivity index (χ0n) is 39.7. The quantitative estimate of drug-likeness (QED) is 0.0829. The van der Waals surface area contributed by atoms with Crippen LogP contribution in [0.25, 0.3) is 0 Å². The smallest absolute Gasteiger partial charge is 0.319 e. The number of carbonyl (C=O) groups excluding carboxylic acids is 1. The summed E-state index contributed by atoms with van der Waals surface area (Å²) < 4.78 is 36.2. The van der Waals surface area contributed by atoms with Crippen LogP contribution in [-0.2, 0) is 38.0 Å². The van der Waals surface area contributed by atoms with Crippen molar-refractivity contribution >= 4 is 11.9 Å². The summed E-state index contributed by atoms with van der Waals surface area (Å²) in [6, 6.07) is 0. The van der Waals surface area contributed by atoms with Gasteiger partial charge in [0, 0.05) is 0 Å². The van der Waals surface area contributed by atoms with Crippen LogP contribution >= 0.6 is 0 Å². The zero-order chi connectivity index (χ0) is 49.1. The second-order valence-corrected chi connectivity index (χ2v) is 22.8. The van der Waals surface area contributed by atoms with Gasteiger partial charge in [0.15, 0.2) is 12.6 Å². The molecule has 25 atom stereocenters. The molecule has 382 valence electrons. The minimum Gasteiger partial charge on any atom is -0.481 e. The van der Waals surface area contributed by atoms with Crippen molar-refractivity contribution in [3.63, 3.8) is 0 Å². The Kier molecular flexibility index (Phi) is 14.0. The molecule has 0 unspecified atom stereocenters. The van der Waals surface area contributed by atoms with E-state index >= 15 is 4.79 Å². The SMILES string of the molecule is C[C@H]1[C@H](C)CC[C@]2(C(=O)O)CC[C@]3(C(=O)O[C@@H]4O[C@H](CO)[C@@H](O)[C@H](O)[C@H]4O)C(=CC[C@@H]4[C@@]5(C)CC[C@H](O[C@@H]6O[C@H](C)[C@H](O)[C@H](O[C@@H]7O[C@H](CO)[C@@H](O)[C@H](O)[C@H]7O)[C@H]6O)C(C)(C)[C@H]5CC[C@]43C)[C@@H]12. The van der Waals surface area contributed by atoms with Crippen molar-refractivity contribution < 1.29 is 94.2 Å². The van der Waals surface area contributed by atoms with Crippen LogP contribution in [0, 0.1) is 56.7 Å². The van der Waals surface area contributed by atoms with Gasteiger partial charge in [-0.15, -0.1) is 0 Å². The molecule has 7 fully saturated rings. The van der Waals surface area contributed by atoms with Crippen molar-refractivity contribution in [2.75, 3.05) is 13.2 Å². The molecule has 19 heteroatoms. The normalized spacial score (nSPS) is 54.0. The van der Waals surface area contributed by atoms with E-state index < -0.39 is 156 Å². The van der Waals surface area contributed by atoms with Gasteiger partial charge in [-0.25, -0.2) is 0 Å². The van der Waals surface area contributed by atoms with Gasteiger partial charge >= 0.3 is 11.9 Å². The van der Waals surface area contributed by atoms with Crippen LogP contribution in [0.5, 0.6) is 0 Å². The largest absolute Gasteiger partial charge is 0.481 e. The number of carboxylic acid groups (broad SMARTS) is 1. The minimum atomic E-state index is -1.83. The molecule has 0 spiro atoms. The van der Waals surface area contributed by atoms with Crippen LogP contribution < -0.4 is 0 Å². The Hall–Kier alpha value is -1.92. The van der Waals surface area contributed by atoms with E-state index in [1.807, 2.05) is 0 Å². The maximum atomic E-state index is 15.6. The average molecular weight is 957 g/mol. The molecule has 0 amide bonds. The molecular formula is C48H76O19. The van der Waals surface area contributed by atoms with E-state index in [9.17, 15) is 61.0 Å². The number of aliphatic carboxylic acids is 1. The lowest BCUT2D eigenvalue weighted by Crippen LogP contribution is -2.69. The van der Waals surface area contributed by atoms with Crippen molar-refractivity contribution in [3.8, 4) is 0 Å². The zero-order valence-corrected chi connectivity index (χ0v) is 39.7. The van der Waals surface area contributed by atoms with Crippen molar-refractivity contribution in [3.05, 3.63) is 11.6 Å². The maximum absolute atomic E-state index is 15.6. The molecule has 8 rings (SSSR count). The highest BCUT2D eigenvalue weighted by atomic mass is 16.7. The first-order chi connectivity index (χ1) is 31.4. The standard InChI is InChI=1S/C48H76O19/c1-20-10-15-47(42(59)60)16-17-48(43(61)67-40-36(57)34(55)32(53)25(19-50)64-40)23(29(47)21(20)2)8-9-27-45(6)13-12-28(44(4,5)26(45)11-14-46(27,48)7)65-41-37(58)38(30(51)22(3)62-41)66-39-35(56)33(54)31(52)24(18-49)63-39/h8,20-22,24-41,49-58H,9-19H2,1-7H3,(H,59,60)/t20-,21+,22-,24-,25-,26-,27-,28+,29-,30+,31-,32-,33+,34+,35-,36-,37-,38+,39+,40+,41+,45+,46-,47+,48-/m1/s1. The number of carboxylic acids is 1. The van der Waals surface area contributed by atoms with Gasteiger partial charge < -0.3 is 84.6 Å². The Morgan fingerprint density at radius 1 is 0.657 bits per heavy atom. The van der Waals surface area contributed by atoms with Crippen molar-refractivity contribution in [1.29, 1.82) is 0 Å². The van der Waals surface area contributed by atoms with E-state index in [0.717, 1.165) is 12.0 Å². The van der Waals surface area contributed by atoms with Gasteiger partial charge in [0.2, 0.25) is 6.29 Å². The molecule has 8 aliphatic rings. The number of hydrogen-bond acceptors (Lipinski definition) is 18. The summed E-state index contributed by atoms with van der Waals surface area (Å²) in [5.74, 6) is -2.19. The highest BCUT2D eigenvalue weighted by molar-refractivity contribution is 5.85. The van der Waals surface area contributed by atoms with Crippen LogP contribution in [-0.4, -0.2) is 180 Å². The van der Waals surface area contributed by atoms with Crippen molar-refractivity contribution in [2.24, 2.45) is 56.7 Å². The fourth-order valence-electron chi connectivity index (χ4n) is 15.3. The summed E-state index contributed by atoms with van der Waals surface area (Å²) in [7, 11) is 0. The molecule has 0 bridgehead atoms. The monoisotopic (exact) mass is 956 g/mol. The summed E-state index contributed by atoms with van der Waals surface area (Å²) in [4.78, 5) is 29.1. The molecule has 0 aromatic heterocycles. The van der Waals surface area contributed by atoms with Gasteiger partial charge in [-0.2, -0.15) is 0 Å². The first-order valence-electron chi connectivity index (χ1n) is 24.5. The molecule has 11 N–H and O–H groups in total. The Labute approximate surface area is 391 Å². The van der Waals surface area contributed by atoms with E-state index in [4.69, 9.17) is 28.4 Å². The molecule has 3 aliphatic heterocycles. The molecule has 3 saturated heterocycles. The Bertz CT molecular complexity index is 1860. The molecule has 4 saturated carbocycles. The van der Waals surface area contributed by atoms with Gasteiger partial charge in [-0.3, -0.25) is 9.59 Å². The summed E-state index contributed by atoms with van der Waals surface area (Å²) in [5.41, 5.74) is -3.58. The van der Waals surface area contributed by atoms with Crippen LogP contribution in [0.1, 0.15) is 106 Å². The maximum Gasteiger partial charge on any atom is 0.319 e. The molecule has 5 aliphatic carbocycles. The van der Waals surface area contributed by atoms with Crippen LogP contribution in [0.2, 0.25) is 0 Å². The highest BCUT2D eigenvalue weighted by Crippen LogP contribution is 2.76. The number of aliphatic hydroxyl groups is 10. The van der Waals surface area contributed by atoms with E-state index in [0.29, 0.717) is 38.5 Å². The fraction of sp³-hybridized carbons (Fsp3) is 0.917. The predicted molar refractivity (Wildman–Crippen MR) is 231 cm³/mol. The number of fused-ring (bicyclic) bond motifs is 7. The van der Waals surface area contributed by atoms with E-state index in [-0.39, 0.29) is 36.5 Å². The van der Waals surface area contributed by atoms with Gasteiger partial charge in [0.25, 0.3) is 0 Å². The lowest BCUT2D eigenvalue weighted by Gasteiger charge is -2.71. The van der Waals surface area contributed by atoms with Crippen molar-refractivity contribution in [2.45, 2.75) is 204 Å². The third-order valence-corrected chi connectivity index (χ3v) is 19.4. The first-order valence-corrected chi connectivity index (χ1v) is 24.5. The molecule has 3 heterocycles. The van der Waals surface area contributed by atoms with E-state index in [2.05, 4.69) is 47.6 Å². The summed E-state index contributed by atoms with van der Waals surface area (Å²) >= 11 is 0. The lowest BCUT2D eigenvalue weighted by atomic mass is 9.33. The fourth-order valence-corrected chi connectivity index (χ4v) is 15.3. The van der Waals surface area contributed by atoms with E-state index in [1.165, 1.54) is 0 Å². The molecule has 0 aromatic rings. The van der Waals surface area contributed by atoms with E-state index in [1.54, 1.807) is 6.92 Å². The van der Waals surface area contributed by atoms with Gasteiger partial charge in [0.1, 0.15) is 67.1 Å². The molecule has 19 nitrogen and oxygen atoms in total. The highest BCUT2D eigenvalue weighted by Gasteiger charge is 2.74. The number of allylic oxidation sites excluding steroid dienone is 1. The number of ether oxygens (including phenoxy) is 6. The minimum absolute atomic E-state index is 0.0227. The topological polar surface area (TPSA) is 312 Å². The summed E-state index contributed by atoms with van der Waals surface area (Å²) in [6.45, 7) is 12.9. The summed E-state index contributed by atoms with van der Waals surface area (Å²) in [5, 5.41) is 117. The average Bonchev–Trinajstić information content (AvgIpc) is 3.28. The first kappa shape index (κ1) is 51.4. The number of hydrogen-bond donors (Lipinski definition) is 11. The third-order valence-electron chi connectivity index (χ3n) is 19.4. The number of esters is 1. The number of rotatable bonds is 9. The molecule has 0 aromatic carbocycles. The van der Waals surface area contributed by atoms with Crippen molar-refractivity contribution in [1.82, 2.24) is 0 Å². The van der Waals surface area contributed by atoms with Gasteiger partial charge in [-0.1, -0.05) is 53.2 Å². The second kappa shape index (κ2) is 18.3. The Balaban J connectivity index is 1.10. The second-order valence-electron chi connectivity index (χ2n) is 22.8. The van der Waals surface area contributed by atoms with Gasteiger partial charge in [-0.05, 0) is 111 Å².